The maximum absolute atomic E-state index is 3.65. The molecule has 0 bridgehead atoms. The molecule has 118 valence electrons. The lowest BCUT2D eigenvalue weighted by Gasteiger charge is -2.35. The van der Waals surface area contributed by atoms with E-state index in [0.717, 1.165) is 12.5 Å². The molecule has 0 saturated carbocycles. The lowest BCUT2D eigenvalue weighted by molar-refractivity contribution is 0.142. The van der Waals surface area contributed by atoms with Gasteiger partial charge >= 0.3 is 0 Å². The molecule has 20 heavy (non-hydrogen) atoms. The standard InChI is InChI=1S/C17H35N3/c1-3-7-17(18-4-2)15-20-12-8-16(9-13-20)14-19-10-5-6-11-19/h16-18H,3-15H2,1-2H3. The first-order valence-corrected chi connectivity index (χ1v) is 9.00. The second-order valence-corrected chi connectivity index (χ2v) is 6.79. The van der Waals surface area contributed by atoms with Gasteiger partial charge in [0.2, 0.25) is 0 Å². The Balaban J connectivity index is 1.64. The van der Waals surface area contributed by atoms with Crippen LogP contribution in [0.1, 0.15) is 52.4 Å². The Bertz CT molecular complexity index is 237. The summed E-state index contributed by atoms with van der Waals surface area (Å²) in [5, 5.41) is 3.65. The fourth-order valence-electron chi connectivity index (χ4n) is 3.89. The normalized spacial score (nSPS) is 24.3. The summed E-state index contributed by atoms with van der Waals surface area (Å²) in [4.78, 5) is 5.39. The summed E-state index contributed by atoms with van der Waals surface area (Å²) >= 11 is 0. The van der Waals surface area contributed by atoms with Crippen LogP contribution in [0.2, 0.25) is 0 Å². The van der Waals surface area contributed by atoms with Crippen LogP contribution in [-0.2, 0) is 0 Å². The maximum Gasteiger partial charge on any atom is 0.0194 e. The number of rotatable bonds is 8. The highest BCUT2D eigenvalue weighted by Gasteiger charge is 2.23. The van der Waals surface area contributed by atoms with Crippen molar-refractivity contribution in [1.29, 1.82) is 0 Å². The number of nitrogens with zero attached hydrogens (tertiary/aromatic N) is 2. The highest BCUT2D eigenvalue weighted by atomic mass is 15.2. The van der Waals surface area contributed by atoms with E-state index in [4.69, 9.17) is 0 Å². The molecule has 2 heterocycles. The minimum absolute atomic E-state index is 0.708. The summed E-state index contributed by atoms with van der Waals surface area (Å²) in [6.45, 7) is 13.6. The summed E-state index contributed by atoms with van der Waals surface area (Å²) in [6, 6.07) is 0.708. The van der Waals surface area contributed by atoms with E-state index in [1.54, 1.807) is 0 Å². The Kier molecular flexibility index (Phi) is 7.32. The average Bonchev–Trinajstić information content (AvgIpc) is 2.94. The molecule has 3 nitrogen and oxygen atoms in total. The molecule has 0 aromatic rings. The smallest absolute Gasteiger partial charge is 0.0194 e. The molecule has 2 fully saturated rings. The van der Waals surface area contributed by atoms with E-state index in [9.17, 15) is 0 Å². The zero-order chi connectivity index (χ0) is 14.2. The van der Waals surface area contributed by atoms with E-state index < -0.39 is 0 Å². The van der Waals surface area contributed by atoms with E-state index >= 15 is 0 Å². The van der Waals surface area contributed by atoms with E-state index in [1.807, 2.05) is 0 Å². The number of likely N-dealkylation sites (tertiary alicyclic amines) is 2. The van der Waals surface area contributed by atoms with Gasteiger partial charge in [0.25, 0.3) is 0 Å². The molecule has 2 aliphatic rings. The predicted molar refractivity (Wildman–Crippen MR) is 87.2 cm³/mol. The Morgan fingerprint density at radius 2 is 1.70 bits per heavy atom. The lowest BCUT2D eigenvalue weighted by atomic mass is 9.95. The van der Waals surface area contributed by atoms with Crippen molar-refractivity contribution < 1.29 is 0 Å². The summed E-state index contributed by atoms with van der Waals surface area (Å²) in [6.07, 6.45) is 8.31. The van der Waals surface area contributed by atoms with Gasteiger partial charge in [-0.3, -0.25) is 0 Å². The van der Waals surface area contributed by atoms with Crippen LogP contribution in [0.3, 0.4) is 0 Å². The van der Waals surface area contributed by atoms with Gasteiger partial charge in [-0.15, -0.1) is 0 Å². The molecule has 3 heteroatoms. The van der Waals surface area contributed by atoms with E-state index in [0.29, 0.717) is 6.04 Å². The fraction of sp³-hybridized carbons (Fsp3) is 1.00. The van der Waals surface area contributed by atoms with E-state index in [-0.39, 0.29) is 0 Å². The summed E-state index contributed by atoms with van der Waals surface area (Å²) in [7, 11) is 0. The third-order valence-corrected chi connectivity index (χ3v) is 5.03. The van der Waals surface area contributed by atoms with Crippen molar-refractivity contribution in [2.24, 2.45) is 5.92 Å². The van der Waals surface area contributed by atoms with Crippen LogP contribution in [0.4, 0.5) is 0 Å². The largest absolute Gasteiger partial charge is 0.313 e. The predicted octanol–water partition coefficient (Wildman–Crippen LogP) is 2.57. The van der Waals surface area contributed by atoms with Crippen molar-refractivity contribution in [1.82, 2.24) is 15.1 Å². The van der Waals surface area contributed by atoms with Crippen LogP contribution in [-0.4, -0.2) is 61.7 Å². The highest BCUT2D eigenvalue weighted by molar-refractivity contribution is 4.79. The SMILES string of the molecule is CCCC(CN1CCC(CN2CCCC2)CC1)NCC. The zero-order valence-electron chi connectivity index (χ0n) is 13.7. The Labute approximate surface area is 126 Å². The number of hydrogen-bond acceptors (Lipinski definition) is 3. The Hall–Kier alpha value is -0.120. The van der Waals surface area contributed by atoms with Gasteiger partial charge in [0.05, 0.1) is 0 Å². The maximum atomic E-state index is 3.65. The van der Waals surface area contributed by atoms with Crippen LogP contribution in [0.25, 0.3) is 0 Å². The number of piperidine rings is 1. The van der Waals surface area contributed by atoms with Crippen LogP contribution < -0.4 is 5.32 Å². The van der Waals surface area contributed by atoms with Crippen LogP contribution in [0.5, 0.6) is 0 Å². The molecule has 2 rings (SSSR count). The van der Waals surface area contributed by atoms with E-state index in [1.165, 1.54) is 77.8 Å². The first-order valence-electron chi connectivity index (χ1n) is 9.00. The van der Waals surface area contributed by atoms with Crippen LogP contribution >= 0.6 is 0 Å². The second kappa shape index (κ2) is 9.01. The molecule has 2 aliphatic heterocycles. The minimum Gasteiger partial charge on any atom is -0.313 e. The summed E-state index contributed by atoms with van der Waals surface area (Å²) < 4.78 is 0. The molecule has 1 unspecified atom stereocenters. The van der Waals surface area contributed by atoms with E-state index in [2.05, 4.69) is 29.0 Å². The number of nitrogens with one attached hydrogen (secondary N) is 1. The summed E-state index contributed by atoms with van der Waals surface area (Å²) in [5.41, 5.74) is 0. The molecule has 2 saturated heterocycles. The molecule has 0 spiro atoms. The Morgan fingerprint density at radius 3 is 2.30 bits per heavy atom. The minimum atomic E-state index is 0.708. The van der Waals surface area contributed by atoms with Gasteiger partial charge in [0.15, 0.2) is 0 Å². The molecule has 0 radical (unpaired) electrons. The Morgan fingerprint density at radius 1 is 1.00 bits per heavy atom. The van der Waals surface area contributed by atoms with Gasteiger partial charge in [-0.1, -0.05) is 20.3 Å². The fourth-order valence-corrected chi connectivity index (χ4v) is 3.89. The van der Waals surface area contributed by atoms with Crippen LogP contribution in [0.15, 0.2) is 0 Å². The van der Waals surface area contributed by atoms with Gasteiger partial charge < -0.3 is 15.1 Å². The first kappa shape index (κ1) is 16.3. The first-order chi connectivity index (χ1) is 9.81. The zero-order valence-corrected chi connectivity index (χ0v) is 13.7. The quantitative estimate of drug-likeness (QED) is 0.738. The summed E-state index contributed by atoms with van der Waals surface area (Å²) in [5.74, 6) is 0.966. The van der Waals surface area contributed by atoms with Gasteiger partial charge in [0.1, 0.15) is 0 Å². The highest BCUT2D eigenvalue weighted by Crippen LogP contribution is 2.21. The van der Waals surface area contributed by atoms with Crippen molar-refractivity contribution in [2.45, 2.75) is 58.4 Å². The van der Waals surface area contributed by atoms with Crippen molar-refractivity contribution in [3.63, 3.8) is 0 Å². The molecular formula is C17H35N3. The molecule has 1 N–H and O–H groups in total. The molecule has 0 aliphatic carbocycles. The lowest BCUT2D eigenvalue weighted by Crippen LogP contribution is -2.45. The van der Waals surface area contributed by atoms with Crippen LogP contribution in [0, 0.1) is 5.92 Å². The number of likely N-dealkylation sites (N-methyl/N-ethyl adjacent to an activating group) is 1. The van der Waals surface area contributed by atoms with Gasteiger partial charge in [-0.25, -0.2) is 0 Å². The third kappa shape index (κ3) is 5.34. The van der Waals surface area contributed by atoms with Crippen molar-refractivity contribution >= 4 is 0 Å². The van der Waals surface area contributed by atoms with Gasteiger partial charge in [0, 0.05) is 19.1 Å². The molecule has 0 aromatic heterocycles. The third-order valence-electron chi connectivity index (χ3n) is 5.03. The topological polar surface area (TPSA) is 18.5 Å². The monoisotopic (exact) mass is 281 g/mol. The van der Waals surface area contributed by atoms with Gasteiger partial charge in [-0.2, -0.15) is 0 Å². The average molecular weight is 281 g/mol. The molecule has 0 aromatic carbocycles. The van der Waals surface area contributed by atoms with Crippen molar-refractivity contribution in [2.75, 3.05) is 45.8 Å². The second-order valence-electron chi connectivity index (χ2n) is 6.79. The molecule has 0 amide bonds. The van der Waals surface area contributed by atoms with Crippen molar-refractivity contribution in [3.8, 4) is 0 Å². The van der Waals surface area contributed by atoms with Crippen molar-refractivity contribution in [3.05, 3.63) is 0 Å². The molecular weight excluding hydrogens is 246 g/mol. The molecule has 1 atom stereocenters. The number of hydrogen-bond donors (Lipinski definition) is 1. The van der Waals surface area contributed by atoms with Gasteiger partial charge in [-0.05, 0) is 70.7 Å².